The van der Waals surface area contributed by atoms with Crippen LogP contribution in [0.5, 0.6) is 0 Å². The van der Waals surface area contributed by atoms with Crippen molar-refractivity contribution in [3.05, 3.63) is 71.8 Å². The van der Waals surface area contributed by atoms with Gasteiger partial charge in [0.05, 0.1) is 0 Å². The molecule has 0 saturated carbocycles. The number of benzene rings is 2. The van der Waals surface area contributed by atoms with Gasteiger partial charge < -0.3 is 5.21 Å². The fourth-order valence-corrected chi connectivity index (χ4v) is 3.84. The van der Waals surface area contributed by atoms with Crippen molar-refractivity contribution in [3.63, 3.8) is 0 Å². The van der Waals surface area contributed by atoms with E-state index in [1.165, 1.54) is 0 Å². The highest BCUT2D eigenvalue weighted by Gasteiger charge is 2.39. The molecule has 0 aromatic heterocycles. The molecule has 0 atom stereocenters. The molecule has 0 aliphatic heterocycles. The van der Waals surface area contributed by atoms with E-state index in [9.17, 15) is 5.21 Å². The Balaban J connectivity index is 2.70. The Kier molecular flexibility index (Phi) is 5.10. The molecule has 104 valence electrons. The Bertz CT molecular complexity index is 532. The van der Waals surface area contributed by atoms with Gasteiger partial charge >= 0.3 is 0 Å². The molecule has 2 nitrogen and oxygen atoms in total. The number of nitrogens with zero attached hydrogens (tertiary/aromatic N) is 1. The Morgan fingerprint density at radius 3 is 1.85 bits per heavy atom. The van der Waals surface area contributed by atoms with Crippen molar-refractivity contribution in [1.82, 2.24) is 0 Å². The fraction of sp³-hybridized carbons (Fsp3) is 0.188. The number of hydrogen-bond acceptors (Lipinski definition) is 3. The van der Waals surface area contributed by atoms with Crippen LogP contribution in [0.4, 0.5) is 0 Å². The molecule has 0 unspecified atom stereocenters. The molecule has 0 aliphatic carbocycles. The van der Waals surface area contributed by atoms with Gasteiger partial charge in [0.1, 0.15) is 4.75 Å². The fourth-order valence-electron chi connectivity index (χ4n) is 2.26. The van der Waals surface area contributed by atoms with Crippen LogP contribution in [-0.4, -0.2) is 16.1 Å². The standard InChI is InChI=1S/C16H16ClNOS/c1-2-20-16(15(17)18-19,13-9-5-3-6-10-13)14-11-7-4-8-12-14/h3-12,19H,2H2,1H3/b18-15-. The van der Waals surface area contributed by atoms with Gasteiger partial charge in [-0.15, -0.1) is 11.8 Å². The van der Waals surface area contributed by atoms with Gasteiger partial charge in [0.15, 0.2) is 5.17 Å². The lowest BCUT2D eigenvalue weighted by Crippen LogP contribution is -2.31. The number of thioether (sulfide) groups is 1. The molecular formula is C16H16ClNOS. The van der Waals surface area contributed by atoms with Crippen molar-refractivity contribution in [1.29, 1.82) is 0 Å². The van der Waals surface area contributed by atoms with Gasteiger partial charge in [0.25, 0.3) is 0 Å². The van der Waals surface area contributed by atoms with Crippen LogP contribution in [-0.2, 0) is 4.75 Å². The van der Waals surface area contributed by atoms with E-state index in [1.807, 2.05) is 60.7 Å². The van der Waals surface area contributed by atoms with Gasteiger partial charge in [0.2, 0.25) is 0 Å². The van der Waals surface area contributed by atoms with Crippen LogP contribution in [0.1, 0.15) is 18.1 Å². The molecule has 2 rings (SSSR count). The Morgan fingerprint density at radius 2 is 1.50 bits per heavy atom. The van der Waals surface area contributed by atoms with E-state index in [2.05, 4.69) is 12.1 Å². The molecule has 0 radical (unpaired) electrons. The van der Waals surface area contributed by atoms with E-state index in [0.29, 0.717) is 0 Å². The smallest absolute Gasteiger partial charge is 0.170 e. The first-order valence-electron chi connectivity index (χ1n) is 6.38. The maximum absolute atomic E-state index is 9.26. The molecule has 2 aromatic carbocycles. The van der Waals surface area contributed by atoms with Gasteiger partial charge in [-0.3, -0.25) is 0 Å². The molecule has 0 heterocycles. The summed E-state index contributed by atoms with van der Waals surface area (Å²) in [5, 5.41) is 12.7. The molecular weight excluding hydrogens is 290 g/mol. The first kappa shape index (κ1) is 14.9. The number of halogens is 1. The Morgan fingerprint density at radius 1 is 1.05 bits per heavy atom. The van der Waals surface area contributed by atoms with Gasteiger partial charge in [-0.05, 0) is 16.9 Å². The van der Waals surface area contributed by atoms with Crippen molar-refractivity contribution in [2.45, 2.75) is 11.7 Å². The Hall–Kier alpha value is -1.45. The Labute approximate surface area is 128 Å². The van der Waals surface area contributed by atoms with Crippen LogP contribution in [0.15, 0.2) is 65.8 Å². The van der Waals surface area contributed by atoms with Crippen molar-refractivity contribution in [2.75, 3.05) is 5.75 Å². The molecule has 0 fully saturated rings. The SMILES string of the molecule is CCSC(/C(Cl)=N/O)(c1ccccc1)c1ccccc1. The first-order chi connectivity index (χ1) is 9.75. The molecule has 1 N–H and O–H groups in total. The third-order valence-electron chi connectivity index (χ3n) is 3.10. The third-order valence-corrected chi connectivity index (χ3v) is 4.96. The summed E-state index contributed by atoms with van der Waals surface area (Å²) in [6.45, 7) is 2.06. The minimum absolute atomic E-state index is 0.168. The van der Waals surface area contributed by atoms with E-state index in [4.69, 9.17) is 11.6 Å². The minimum Gasteiger partial charge on any atom is -0.410 e. The van der Waals surface area contributed by atoms with Crippen LogP contribution >= 0.6 is 23.4 Å². The molecule has 20 heavy (non-hydrogen) atoms. The second-order valence-electron chi connectivity index (χ2n) is 4.24. The molecule has 2 aromatic rings. The predicted octanol–water partition coefficient (Wildman–Crippen LogP) is 4.71. The molecule has 4 heteroatoms. The van der Waals surface area contributed by atoms with Crippen LogP contribution in [0.25, 0.3) is 0 Å². The summed E-state index contributed by atoms with van der Waals surface area (Å²) in [5.41, 5.74) is 2.00. The van der Waals surface area contributed by atoms with Crippen molar-refractivity contribution >= 4 is 28.5 Å². The quantitative estimate of drug-likeness (QED) is 0.493. The minimum atomic E-state index is -0.673. The zero-order valence-corrected chi connectivity index (χ0v) is 12.7. The normalized spacial score (nSPS) is 12.4. The lowest BCUT2D eigenvalue weighted by molar-refractivity contribution is 0.318. The first-order valence-corrected chi connectivity index (χ1v) is 7.75. The average molecular weight is 306 g/mol. The third kappa shape index (κ3) is 2.69. The maximum Gasteiger partial charge on any atom is 0.170 e. The van der Waals surface area contributed by atoms with Crippen LogP contribution in [0.2, 0.25) is 0 Å². The van der Waals surface area contributed by atoms with Crippen LogP contribution < -0.4 is 0 Å². The summed E-state index contributed by atoms with van der Waals surface area (Å²) < 4.78 is -0.673. The topological polar surface area (TPSA) is 32.6 Å². The van der Waals surface area contributed by atoms with Gasteiger partial charge in [-0.1, -0.05) is 84.3 Å². The van der Waals surface area contributed by atoms with E-state index in [0.717, 1.165) is 16.9 Å². The lowest BCUT2D eigenvalue weighted by atomic mass is 9.91. The highest BCUT2D eigenvalue weighted by molar-refractivity contribution is 8.01. The highest BCUT2D eigenvalue weighted by Crippen LogP contribution is 2.45. The van der Waals surface area contributed by atoms with Crippen molar-refractivity contribution < 1.29 is 5.21 Å². The summed E-state index contributed by atoms with van der Waals surface area (Å²) in [5.74, 6) is 0.843. The summed E-state index contributed by atoms with van der Waals surface area (Å²) in [6.07, 6.45) is 0. The van der Waals surface area contributed by atoms with Crippen LogP contribution in [0, 0.1) is 0 Å². The van der Waals surface area contributed by atoms with Crippen LogP contribution in [0.3, 0.4) is 0 Å². The van der Waals surface area contributed by atoms with E-state index >= 15 is 0 Å². The summed E-state index contributed by atoms with van der Waals surface area (Å²) >= 11 is 7.96. The van der Waals surface area contributed by atoms with Gasteiger partial charge in [-0.25, -0.2) is 0 Å². The lowest BCUT2D eigenvalue weighted by Gasteiger charge is -2.32. The molecule has 0 amide bonds. The zero-order valence-electron chi connectivity index (χ0n) is 11.2. The average Bonchev–Trinajstić information content (AvgIpc) is 2.53. The molecule has 0 bridgehead atoms. The monoisotopic (exact) mass is 305 g/mol. The number of hydrogen-bond donors (Lipinski definition) is 1. The maximum atomic E-state index is 9.26. The van der Waals surface area contributed by atoms with E-state index in [-0.39, 0.29) is 5.17 Å². The zero-order chi connectivity index (χ0) is 14.4. The summed E-state index contributed by atoms with van der Waals surface area (Å²) in [7, 11) is 0. The summed E-state index contributed by atoms with van der Waals surface area (Å²) in [6, 6.07) is 19.8. The largest absolute Gasteiger partial charge is 0.410 e. The number of rotatable bonds is 5. The highest BCUT2D eigenvalue weighted by atomic mass is 35.5. The van der Waals surface area contributed by atoms with Gasteiger partial charge in [0, 0.05) is 0 Å². The second-order valence-corrected chi connectivity index (χ2v) is 6.07. The van der Waals surface area contributed by atoms with Gasteiger partial charge in [-0.2, -0.15) is 0 Å². The van der Waals surface area contributed by atoms with E-state index < -0.39 is 4.75 Å². The van der Waals surface area contributed by atoms with Crippen molar-refractivity contribution in [3.8, 4) is 0 Å². The number of oxime groups is 1. The van der Waals surface area contributed by atoms with E-state index in [1.54, 1.807) is 11.8 Å². The molecule has 0 aliphatic rings. The molecule has 0 spiro atoms. The molecule has 0 saturated heterocycles. The summed E-state index contributed by atoms with van der Waals surface area (Å²) in [4.78, 5) is 0. The predicted molar refractivity (Wildman–Crippen MR) is 86.9 cm³/mol. The van der Waals surface area contributed by atoms with Crippen molar-refractivity contribution in [2.24, 2.45) is 5.16 Å². The second kappa shape index (κ2) is 6.82.